The van der Waals surface area contributed by atoms with Gasteiger partial charge in [-0.25, -0.2) is 0 Å². The fourth-order valence-electron chi connectivity index (χ4n) is 2.47. The van der Waals surface area contributed by atoms with E-state index in [1.165, 1.54) is 11.3 Å². The Morgan fingerprint density at radius 2 is 1.96 bits per heavy atom. The molecule has 124 valence electrons. The quantitative estimate of drug-likeness (QED) is 0.666. The first kappa shape index (κ1) is 15.7. The van der Waals surface area contributed by atoms with Crippen molar-refractivity contribution in [1.29, 1.82) is 0 Å². The second-order valence-electron chi connectivity index (χ2n) is 5.34. The highest BCUT2D eigenvalue weighted by Crippen LogP contribution is 2.37. The number of thiophene rings is 1. The smallest absolute Gasteiger partial charge is 0.265 e. The first-order valence-corrected chi connectivity index (χ1v) is 8.63. The van der Waals surface area contributed by atoms with Crippen molar-refractivity contribution >= 4 is 46.1 Å². The van der Waals surface area contributed by atoms with E-state index < -0.39 is 0 Å². The fraction of sp³-hybridized carbons (Fsp3) is 0. The van der Waals surface area contributed by atoms with Crippen LogP contribution in [0.25, 0.3) is 0 Å². The SMILES string of the molecule is O=C(Nc1ccc2c(c1)C(=O)Nc1cc(Cl)ccc1O2)c1cccs1. The van der Waals surface area contributed by atoms with Gasteiger partial charge in [-0.1, -0.05) is 17.7 Å². The lowest BCUT2D eigenvalue weighted by Gasteiger charge is -2.09. The van der Waals surface area contributed by atoms with Crippen molar-refractivity contribution in [1.82, 2.24) is 0 Å². The molecule has 25 heavy (non-hydrogen) atoms. The van der Waals surface area contributed by atoms with Crippen LogP contribution in [0, 0.1) is 0 Å². The van der Waals surface area contributed by atoms with Gasteiger partial charge in [-0.05, 0) is 47.8 Å². The Bertz CT molecular complexity index is 986. The van der Waals surface area contributed by atoms with E-state index in [4.69, 9.17) is 16.3 Å². The Balaban J connectivity index is 1.65. The molecule has 2 N–H and O–H groups in total. The highest BCUT2D eigenvalue weighted by atomic mass is 35.5. The first-order chi connectivity index (χ1) is 12.1. The number of anilines is 2. The lowest BCUT2D eigenvalue weighted by molar-refractivity contribution is 0.101. The predicted molar refractivity (Wildman–Crippen MR) is 98.2 cm³/mol. The third-order valence-electron chi connectivity index (χ3n) is 3.64. The Kier molecular flexibility index (Phi) is 3.91. The maximum Gasteiger partial charge on any atom is 0.265 e. The van der Waals surface area contributed by atoms with Crippen LogP contribution in [0.1, 0.15) is 20.0 Å². The van der Waals surface area contributed by atoms with E-state index in [0.29, 0.717) is 38.3 Å². The van der Waals surface area contributed by atoms with E-state index in [1.54, 1.807) is 48.5 Å². The molecule has 0 radical (unpaired) electrons. The summed E-state index contributed by atoms with van der Waals surface area (Å²) < 4.78 is 5.81. The Morgan fingerprint density at radius 3 is 2.76 bits per heavy atom. The highest BCUT2D eigenvalue weighted by molar-refractivity contribution is 7.12. The summed E-state index contributed by atoms with van der Waals surface area (Å²) in [5.74, 6) is 0.364. The lowest BCUT2D eigenvalue weighted by atomic mass is 10.1. The molecule has 0 atom stereocenters. The van der Waals surface area contributed by atoms with Gasteiger partial charge in [-0.3, -0.25) is 9.59 Å². The Labute approximate surface area is 152 Å². The summed E-state index contributed by atoms with van der Waals surface area (Å²) in [6.07, 6.45) is 0. The number of carbonyl (C=O) groups excluding carboxylic acids is 2. The van der Waals surface area contributed by atoms with E-state index in [1.807, 2.05) is 5.38 Å². The number of ether oxygens (including phenoxy) is 1. The topological polar surface area (TPSA) is 67.4 Å². The third-order valence-corrected chi connectivity index (χ3v) is 4.74. The zero-order valence-corrected chi connectivity index (χ0v) is 14.3. The molecule has 0 aliphatic carbocycles. The van der Waals surface area contributed by atoms with Crippen LogP contribution in [0.2, 0.25) is 5.02 Å². The van der Waals surface area contributed by atoms with Crippen LogP contribution in [-0.2, 0) is 0 Å². The lowest BCUT2D eigenvalue weighted by Crippen LogP contribution is -2.13. The summed E-state index contributed by atoms with van der Waals surface area (Å²) in [6, 6.07) is 13.5. The van der Waals surface area contributed by atoms with Crippen LogP contribution in [0.4, 0.5) is 11.4 Å². The number of fused-ring (bicyclic) bond motifs is 2. The monoisotopic (exact) mass is 370 g/mol. The summed E-state index contributed by atoms with van der Waals surface area (Å²) in [6.45, 7) is 0. The van der Waals surface area contributed by atoms with Crippen molar-refractivity contribution in [3.8, 4) is 11.5 Å². The van der Waals surface area contributed by atoms with Crippen molar-refractivity contribution in [3.05, 3.63) is 69.4 Å². The number of carbonyl (C=O) groups is 2. The molecule has 1 aliphatic heterocycles. The van der Waals surface area contributed by atoms with Gasteiger partial charge in [0.15, 0.2) is 5.75 Å². The predicted octanol–water partition coefficient (Wildman–Crippen LogP) is 5.01. The minimum Gasteiger partial charge on any atom is -0.454 e. The molecule has 0 saturated heterocycles. The minimum absolute atomic E-state index is 0.222. The molecule has 2 amide bonds. The van der Waals surface area contributed by atoms with E-state index in [9.17, 15) is 9.59 Å². The molecule has 0 bridgehead atoms. The Morgan fingerprint density at radius 1 is 1.12 bits per heavy atom. The van der Waals surface area contributed by atoms with Crippen LogP contribution in [0.5, 0.6) is 11.5 Å². The standard InChI is InChI=1S/C18H11ClN2O3S/c19-10-3-5-15-13(8-10)21-17(22)12-9-11(4-6-14(12)24-15)20-18(23)16-2-1-7-25-16/h1-9H,(H,20,23)(H,21,22). The molecule has 1 aromatic heterocycles. The van der Waals surface area contributed by atoms with Crippen molar-refractivity contribution in [3.63, 3.8) is 0 Å². The molecule has 0 unspecified atom stereocenters. The molecular formula is C18H11ClN2O3S. The van der Waals surface area contributed by atoms with Crippen LogP contribution in [-0.4, -0.2) is 11.8 Å². The third kappa shape index (κ3) is 3.09. The summed E-state index contributed by atoms with van der Waals surface area (Å²) in [7, 11) is 0. The van der Waals surface area contributed by atoms with Gasteiger partial charge in [0.2, 0.25) is 0 Å². The van der Waals surface area contributed by atoms with Gasteiger partial charge in [-0.15, -0.1) is 11.3 Å². The average molecular weight is 371 g/mol. The number of hydrogen-bond acceptors (Lipinski definition) is 4. The van der Waals surface area contributed by atoms with Crippen molar-refractivity contribution in [2.45, 2.75) is 0 Å². The van der Waals surface area contributed by atoms with E-state index in [0.717, 1.165) is 0 Å². The second kappa shape index (κ2) is 6.23. The number of nitrogens with one attached hydrogen (secondary N) is 2. The van der Waals surface area contributed by atoms with Gasteiger partial charge in [0.25, 0.3) is 11.8 Å². The molecule has 5 nitrogen and oxygen atoms in total. The molecule has 2 aromatic carbocycles. The zero-order chi connectivity index (χ0) is 17.4. The van der Waals surface area contributed by atoms with Gasteiger partial charge in [0.05, 0.1) is 16.1 Å². The molecule has 2 heterocycles. The van der Waals surface area contributed by atoms with Crippen LogP contribution in [0.15, 0.2) is 53.9 Å². The van der Waals surface area contributed by atoms with E-state index in [-0.39, 0.29) is 11.8 Å². The number of benzene rings is 2. The van der Waals surface area contributed by atoms with Crippen molar-refractivity contribution in [2.24, 2.45) is 0 Å². The van der Waals surface area contributed by atoms with Crippen molar-refractivity contribution < 1.29 is 14.3 Å². The minimum atomic E-state index is -0.330. The Hall–Kier alpha value is -2.83. The molecule has 1 aliphatic rings. The number of rotatable bonds is 2. The highest BCUT2D eigenvalue weighted by Gasteiger charge is 2.22. The number of hydrogen-bond donors (Lipinski definition) is 2. The van der Waals surface area contributed by atoms with Crippen LogP contribution >= 0.6 is 22.9 Å². The maximum atomic E-state index is 12.5. The van der Waals surface area contributed by atoms with E-state index >= 15 is 0 Å². The summed E-state index contributed by atoms with van der Waals surface area (Å²) >= 11 is 7.31. The molecule has 7 heteroatoms. The van der Waals surface area contributed by atoms with Crippen molar-refractivity contribution in [2.75, 3.05) is 10.6 Å². The van der Waals surface area contributed by atoms with Gasteiger partial charge in [0.1, 0.15) is 5.75 Å². The maximum absolute atomic E-state index is 12.5. The summed E-state index contributed by atoms with van der Waals surface area (Å²) in [4.78, 5) is 25.3. The van der Waals surface area contributed by atoms with Gasteiger partial charge < -0.3 is 15.4 Å². The zero-order valence-electron chi connectivity index (χ0n) is 12.7. The molecule has 4 rings (SSSR count). The molecule has 3 aromatic rings. The number of amides is 2. The van der Waals surface area contributed by atoms with Crippen LogP contribution < -0.4 is 15.4 Å². The largest absolute Gasteiger partial charge is 0.454 e. The molecular weight excluding hydrogens is 360 g/mol. The normalized spacial score (nSPS) is 12.3. The average Bonchev–Trinajstić information content (AvgIpc) is 3.09. The van der Waals surface area contributed by atoms with Crippen LogP contribution in [0.3, 0.4) is 0 Å². The first-order valence-electron chi connectivity index (χ1n) is 7.38. The molecule has 0 saturated carbocycles. The van der Waals surface area contributed by atoms with Gasteiger partial charge >= 0.3 is 0 Å². The van der Waals surface area contributed by atoms with E-state index in [2.05, 4.69) is 10.6 Å². The summed E-state index contributed by atoms with van der Waals surface area (Å²) in [5.41, 5.74) is 1.34. The number of halogens is 1. The van der Waals surface area contributed by atoms with Gasteiger partial charge in [-0.2, -0.15) is 0 Å². The molecule has 0 spiro atoms. The summed E-state index contributed by atoms with van der Waals surface area (Å²) in [5, 5.41) is 7.88. The fourth-order valence-corrected chi connectivity index (χ4v) is 3.26. The second-order valence-corrected chi connectivity index (χ2v) is 6.72. The molecule has 0 fully saturated rings. The van der Waals surface area contributed by atoms with Gasteiger partial charge in [0, 0.05) is 10.7 Å².